The lowest BCUT2D eigenvalue weighted by Crippen LogP contribution is -2.09. The first kappa shape index (κ1) is 16.6. The van der Waals surface area contributed by atoms with Crippen LogP contribution >= 0.6 is 31.9 Å². The van der Waals surface area contributed by atoms with Gasteiger partial charge in [-0.2, -0.15) is 0 Å². The highest BCUT2D eigenvalue weighted by atomic mass is 79.9. The molecule has 0 aliphatic heterocycles. The summed E-state index contributed by atoms with van der Waals surface area (Å²) in [7, 11) is 0. The van der Waals surface area contributed by atoms with Crippen LogP contribution in [0.1, 0.15) is 34.1 Å². The van der Waals surface area contributed by atoms with Crippen LogP contribution < -0.4 is 0 Å². The van der Waals surface area contributed by atoms with Crippen molar-refractivity contribution in [1.29, 1.82) is 0 Å². The quantitative estimate of drug-likeness (QED) is 0.581. The summed E-state index contributed by atoms with van der Waals surface area (Å²) in [5.41, 5.74) is 0.590. The molecule has 1 fully saturated rings. The van der Waals surface area contributed by atoms with E-state index in [1.54, 1.807) is 0 Å². The number of alkyl halides is 1. The molecule has 0 spiro atoms. The van der Waals surface area contributed by atoms with Gasteiger partial charge in [0.25, 0.3) is 0 Å². The molecule has 2 aromatic heterocycles. The average Bonchev–Trinajstić information content (AvgIpc) is 3.17. The molecule has 3 aromatic rings. The highest BCUT2D eigenvalue weighted by Crippen LogP contribution is 2.45. The van der Waals surface area contributed by atoms with E-state index in [9.17, 15) is 18.7 Å². The van der Waals surface area contributed by atoms with Crippen molar-refractivity contribution in [3.63, 3.8) is 0 Å². The lowest BCUT2D eigenvalue weighted by molar-refractivity contribution is 0.103. The van der Waals surface area contributed by atoms with Gasteiger partial charge >= 0.3 is 0 Å². The number of hydrogen-bond acceptors (Lipinski definition) is 4. The largest absolute Gasteiger partial charge is 0.506 e. The van der Waals surface area contributed by atoms with E-state index in [1.165, 1.54) is 16.5 Å². The number of phenols is 1. The van der Waals surface area contributed by atoms with Gasteiger partial charge in [0.2, 0.25) is 11.6 Å². The Labute approximate surface area is 157 Å². The number of aromatic nitrogens is 3. The van der Waals surface area contributed by atoms with Crippen LogP contribution in [-0.4, -0.2) is 31.4 Å². The number of carbonyl (C=O) groups is 1. The lowest BCUT2D eigenvalue weighted by atomic mass is 10.0. The van der Waals surface area contributed by atoms with Gasteiger partial charge in [-0.1, -0.05) is 0 Å². The monoisotopic (exact) mass is 471 g/mol. The van der Waals surface area contributed by atoms with Gasteiger partial charge in [0, 0.05) is 11.5 Å². The molecule has 9 heteroatoms. The van der Waals surface area contributed by atoms with Crippen LogP contribution in [0.4, 0.5) is 8.78 Å². The number of nitrogens with zero attached hydrogens (tertiary/aromatic N) is 3. The molecule has 0 radical (unpaired) electrons. The van der Waals surface area contributed by atoms with Gasteiger partial charge in [-0.3, -0.25) is 9.20 Å². The van der Waals surface area contributed by atoms with Crippen molar-refractivity contribution in [3.8, 4) is 5.75 Å². The van der Waals surface area contributed by atoms with E-state index in [1.807, 2.05) is 0 Å². The number of imidazole rings is 1. The third-order valence-electron chi connectivity index (χ3n) is 4.03. The summed E-state index contributed by atoms with van der Waals surface area (Å²) in [6.07, 6.45) is 1.30. The molecule has 4 rings (SSSR count). The van der Waals surface area contributed by atoms with Gasteiger partial charge in [-0.15, -0.1) is 0 Å². The zero-order chi connectivity index (χ0) is 17.9. The summed E-state index contributed by atoms with van der Waals surface area (Å²) >= 11 is 6.34. The zero-order valence-corrected chi connectivity index (χ0v) is 15.6. The number of ketones is 1. The summed E-state index contributed by atoms with van der Waals surface area (Å²) in [5, 5.41) is 9.81. The number of benzene rings is 1. The van der Waals surface area contributed by atoms with E-state index in [0.717, 1.165) is 12.4 Å². The van der Waals surface area contributed by atoms with Gasteiger partial charge in [-0.25, -0.2) is 18.7 Å². The third-order valence-corrected chi connectivity index (χ3v) is 5.24. The molecule has 2 heterocycles. The number of hydrogen-bond donors (Lipinski definition) is 1. The molecule has 2 atom stereocenters. The zero-order valence-electron chi connectivity index (χ0n) is 12.4. The minimum absolute atomic E-state index is 0.0476. The standard InChI is InChI=1S/C16H9Br2F2N3O2/c17-9-1-6(2-10(18)15(9)25)14(24)13-12(8-3-11(8)20)22-16-21-4-7(19)5-23(13)16/h1-2,4-5,8,11,25H,3H2/t8-,11+/m1/s1. The Balaban J connectivity index is 1.93. The van der Waals surface area contributed by atoms with Crippen molar-refractivity contribution < 1.29 is 18.7 Å². The Bertz CT molecular complexity index is 1010. The molecule has 0 saturated heterocycles. The van der Waals surface area contributed by atoms with E-state index in [2.05, 4.69) is 41.8 Å². The van der Waals surface area contributed by atoms with E-state index >= 15 is 0 Å². The van der Waals surface area contributed by atoms with Crippen LogP contribution in [0.25, 0.3) is 5.78 Å². The Kier molecular flexibility index (Phi) is 3.88. The molecule has 1 saturated carbocycles. The summed E-state index contributed by atoms with van der Waals surface area (Å²) in [6, 6.07) is 2.89. The fourth-order valence-corrected chi connectivity index (χ4v) is 3.88. The van der Waals surface area contributed by atoms with Crippen LogP contribution in [-0.2, 0) is 0 Å². The van der Waals surface area contributed by atoms with Crippen molar-refractivity contribution in [3.05, 3.63) is 56.2 Å². The summed E-state index contributed by atoms with van der Waals surface area (Å²) in [4.78, 5) is 21.1. The van der Waals surface area contributed by atoms with Crippen LogP contribution in [0.5, 0.6) is 5.75 Å². The number of phenolic OH excluding ortho intramolecular Hbond substituents is 1. The molecule has 1 aliphatic carbocycles. The molecular weight excluding hydrogens is 464 g/mol. The summed E-state index contributed by atoms with van der Waals surface area (Å²) in [6.45, 7) is 0. The van der Waals surface area contributed by atoms with Gasteiger partial charge in [-0.05, 0) is 50.4 Å². The van der Waals surface area contributed by atoms with Crippen molar-refractivity contribution in [2.24, 2.45) is 0 Å². The first-order valence-corrected chi connectivity index (χ1v) is 8.85. The maximum absolute atomic E-state index is 13.6. The van der Waals surface area contributed by atoms with Gasteiger partial charge < -0.3 is 5.11 Å². The van der Waals surface area contributed by atoms with Crippen molar-refractivity contribution >= 4 is 43.4 Å². The van der Waals surface area contributed by atoms with E-state index in [0.29, 0.717) is 8.95 Å². The fraction of sp³-hybridized carbons (Fsp3) is 0.188. The molecule has 0 bridgehead atoms. The van der Waals surface area contributed by atoms with Crippen LogP contribution in [0.3, 0.4) is 0 Å². The predicted octanol–water partition coefficient (Wildman–Crippen LogP) is 4.16. The Morgan fingerprint density at radius 3 is 2.56 bits per heavy atom. The van der Waals surface area contributed by atoms with Crippen molar-refractivity contribution in [2.75, 3.05) is 0 Å². The number of rotatable bonds is 3. The minimum atomic E-state index is -1.07. The maximum Gasteiger partial charge on any atom is 0.234 e. The predicted molar refractivity (Wildman–Crippen MR) is 92.1 cm³/mol. The topological polar surface area (TPSA) is 67.5 Å². The smallest absolute Gasteiger partial charge is 0.234 e. The van der Waals surface area contributed by atoms with Crippen molar-refractivity contribution in [1.82, 2.24) is 14.4 Å². The SMILES string of the molecule is O=C(c1cc(Br)c(O)c(Br)c1)c1c([C@@H]2C[C@@H]2F)nc2ncc(F)cn12. The highest BCUT2D eigenvalue weighted by Gasteiger charge is 2.44. The summed E-state index contributed by atoms with van der Waals surface area (Å²) in [5.74, 6) is -1.50. The average molecular weight is 473 g/mol. The first-order valence-electron chi connectivity index (χ1n) is 7.27. The minimum Gasteiger partial charge on any atom is -0.506 e. The summed E-state index contributed by atoms with van der Waals surface area (Å²) < 4.78 is 29.1. The van der Waals surface area contributed by atoms with Crippen molar-refractivity contribution in [2.45, 2.75) is 18.5 Å². The number of halogens is 4. The molecule has 25 heavy (non-hydrogen) atoms. The molecule has 128 valence electrons. The number of carbonyl (C=O) groups excluding carboxylic acids is 1. The van der Waals surface area contributed by atoms with E-state index < -0.39 is 23.7 Å². The first-order chi connectivity index (χ1) is 11.9. The van der Waals surface area contributed by atoms with Crippen LogP contribution in [0.15, 0.2) is 33.5 Å². The molecule has 0 amide bonds. The van der Waals surface area contributed by atoms with Gasteiger partial charge in [0.1, 0.15) is 17.6 Å². The Morgan fingerprint density at radius 2 is 1.96 bits per heavy atom. The molecule has 1 aliphatic rings. The van der Waals surface area contributed by atoms with E-state index in [4.69, 9.17) is 0 Å². The number of aromatic hydroxyl groups is 1. The molecule has 5 nitrogen and oxygen atoms in total. The van der Waals surface area contributed by atoms with E-state index in [-0.39, 0.29) is 34.9 Å². The fourth-order valence-electron chi connectivity index (χ4n) is 2.69. The lowest BCUT2D eigenvalue weighted by Gasteiger charge is -2.07. The van der Waals surface area contributed by atoms with Gasteiger partial charge in [0.15, 0.2) is 5.82 Å². The van der Waals surface area contributed by atoms with Crippen LogP contribution in [0.2, 0.25) is 0 Å². The molecule has 1 aromatic carbocycles. The highest BCUT2D eigenvalue weighted by molar-refractivity contribution is 9.11. The Morgan fingerprint density at radius 1 is 1.32 bits per heavy atom. The second-order valence-corrected chi connectivity index (χ2v) is 7.47. The number of fused-ring (bicyclic) bond motifs is 1. The Hall–Kier alpha value is -1.87. The van der Waals surface area contributed by atoms with Gasteiger partial charge in [0.05, 0.1) is 27.0 Å². The maximum atomic E-state index is 13.6. The van der Waals surface area contributed by atoms with Crippen LogP contribution in [0, 0.1) is 5.82 Å². The molecular formula is C16H9Br2F2N3O2. The second kappa shape index (κ2) is 5.84. The normalized spacial score (nSPS) is 19.4. The molecule has 1 N–H and O–H groups in total. The third kappa shape index (κ3) is 2.75. The second-order valence-electron chi connectivity index (χ2n) is 5.76. The molecule has 0 unspecified atom stereocenters.